The molecule has 3 saturated heterocycles. The van der Waals surface area contributed by atoms with Crippen LogP contribution >= 0.6 is 0 Å². The van der Waals surface area contributed by atoms with Crippen molar-refractivity contribution in [3.05, 3.63) is 0 Å². The minimum absolute atomic E-state index is 0.523. The lowest BCUT2D eigenvalue weighted by Gasteiger charge is -2.43. The molecule has 4 nitrogen and oxygen atoms in total. The lowest BCUT2D eigenvalue weighted by atomic mass is 9.84. The predicted molar refractivity (Wildman–Crippen MR) is 100 cm³/mol. The Morgan fingerprint density at radius 3 is 1.71 bits per heavy atom. The van der Waals surface area contributed by atoms with E-state index in [-0.39, 0.29) is 0 Å². The van der Waals surface area contributed by atoms with Crippen LogP contribution in [0.1, 0.15) is 77.0 Å². The molecule has 0 amide bonds. The van der Waals surface area contributed by atoms with E-state index in [4.69, 9.17) is 4.99 Å². The van der Waals surface area contributed by atoms with Crippen LogP contribution in [-0.4, -0.2) is 48.6 Å². The number of nitrogens with one attached hydrogen (secondary N) is 2. The van der Waals surface area contributed by atoms with Crippen LogP contribution in [0.4, 0.5) is 0 Å². The van der Waals surface area contributed by atoms with Crippen LogP contribution in [0, 0.1) is 5.92 Å². The highest BCUT2D eigenvalue weighted by Crippen LogP contribution is 2.29. The molecule has 2 saturated carbocycles. The number of piperidine rings is 3. The van der Waals surface area contributed by atoms with Crippen LogP contribution in [-0.2, 0) is 0 Å². The van der Waals surface area contributed by atoms with Crippen LogP contribution in [0.25, 0.3) is 0 Å². The van der Waals surface area contributed by atoms with Crippen molar-refractivity contribution in [1.82, 2.24) is 15.5 Å². The van der Waals surface area contributed by atoms with Crippen LogP contribution in [0.15, 0.2) is 4.99 Å². The van der Waals surface area contributed by atoms with Gasteiger partial charge in [-0.25, -0.2) is 4.99 Å². The first-order valence-corrected chi connectivity index (χ1v) is 10.7. The maximum atomic E-state index is 5.26. The van der Waals surface area contributed by atoms with Gasteiger partial charge in [0.15, 0.2) is 5.96 Å². The first kappa shape index (κ1) is 16.7. The lowest BCUT2D eigenvalue weighted by Crippen LogP contribution is -2.53. The Hall–Kier alpha value is -0.770. The van der Waals surface area contributed by atoms with Gasteiger partial charge in [0.1, 0.15) is 0 Å². The largest absolute Gasteiger partial charge is 0.354 e. The van der Waals surface area contributed by atoms with Gasteiger partial charge < -0.3 is 15.5 Å². The Morgan fingerprint density at radius 1 is 0.708 bits per heavy atom. The van der Waals surface area contributed by atoms with E-state index in [9.17, 15) is 0 Å². The molecule has 2 aliphatic carbocycles. The van der Waals surface area contributed by atoms with Gasteiger partial charge in [-0.2, -0.15) is 0 Å². The molecule has 5 aliphatic rings. The predicted octanol–water partition coefficient (Wildman–Crippen LogP) is 3.28. The van der Waals surface area contributed by atoms with Crippen molar-refractivity contribution in [3.8, 4) is 0 Å². The maximum absolute atomic E-state index is 5.26. The van der Waals surface area contributed by atoms with Gasteiger partial charge in [-0.05, 0) is 57.5 Å². The van der Waals surface area contributed by atoms with Crippen molar-refractivity contribution >= 4 is 5.96 Å². The van der Waals surface area contributed by atoms with E-state index < -0.39 is 0 Å². The highest BCUT2D eigenvalue weighted by Gasteiger charge is 2.34. The lowest BCUT2D eigenvalue weighted by molar-refractivity contribution is 0.0902. The summed E-state index contributed by atoms with van der Waals surface area (Å²) in [5.41, 5.74) is 0. The third-order valence-electron chi connectivity index (χ3n) is 6.81. The highest BCUT2D eigenvalue weighted by atomic mass is 15.2. The fraction of sp³-hybridized carbons (Fsp3) is 0.950. The molecule has 3 heterocycles. The molecular weight excluding hydrogens is 296 g/mol. The standard InChI is InChI=1S/C20H36N4/c1-3-7-17(8-4-1)21-20(22-18-9-5-2-6-10-18)23-19-15-24-13-11-16(19)12-14-24/h16-19H,1-15H2,(H2,21,22,23). The number of hydrogen-bond acceptors (Lipinski definition) is 2. The third kappa shape index (κ3) is 4.25. The van der Waals surface area contributed by atoms with Crippen LogP contribution in [0.5, 0.6) is 0 Å². The summed E-state index contributed by atoms with van der Waals surface area (Å²) in [5.74, 6) is 1.97. The zero-order valence-electron chi connectivity index (χ0n) is 15.3. The van der Waals surface area contributed by atoms with E-state index in [1.54, 1.807) is 0 Å². The smallest absolute Gasteiger partial charge is 0.192 e. The number of aliphatic imine (C=N–C) groups is 1. The fourth-order valence-corrected chi connectivity index (χ4v) is 5.24. The van der Waals surface area contributed by atoms with Gasteiger partial charge in [-0.3, -0.25) is 0 Å². The SMILES string of the molecule is C1CCC(NC(=NC2CN3CCC2CC3)NC2CCCCC2)CC1. The second-order valence-electron chi connectivity index (χ2n) is 8.64. The molecule has 1 unspecified atom stereocenters. The molecule has 2 bridgehead atoms. The molecule has 0 radical (unpaired) electrons. The van der Waals surface area contributed by atoms with E-state index >= 15 is 0 Å². The summed E-state index contributed by atoms with van der Waals surface area (Å²) < 4.78 is 0. The van der Waals surface area contributed by atoms with Crippen molar-refractivity contribution in [2.45, 2.75) is 95.2 Å². The van der Waals surface area contributed by atoms with Crippen LogP contribution in [0.2, 0.25) is 0 Å². The van der Waals surface area contributed by atoms with Crippen molar-refractivity contribution in [3.63, 3.8) is 0 Å². The molecule has 24 heavy (non-hydrogen) atoms. The first-order valence-electron chi connectivity index (χ1n) is 10.7. The summed E-state index contributed by atoms with van der Waals surface area (Å²) in [6.07, 6.45) is 16.4. The summed E-state index contributed by atoms with van der Waals surface area (Å²) in [7, 11) is 0. The van der Waals surface area contributed by atoms with Gasteiger partial charge in [0.05, 0.1) is 6.04 Å². The van der Waals surface area contributed by atoms with Crippen molar-refractivity contribution in [2.75, 3.05) is 19.6 Å². The molecule has 0 spiro atoms. The first-order chi connectivity index (χ1) is 11.9. The molecular formula is C20H36N4. The van der Waals surface area contributed by atoms with Gasteiger partial charge in [-0.15, -0.1) is 0 Å². The summed E-state index contributed by atoms with van der Waals surface area (Å²) in [6.45, 7) is 3.79. The van der Waals surface area contributed by atoms with Gasteiger partial charge in [0.25, 0.3) is 0 Å². The Morgan fingerprint density at radius 2 is 1.25 bits per heavy atom. The Labute approximate surface area is 147 Å². The van der Waals surface area contributed by atoms with Crippen molar-refractivity contribution in [2.24, 2.45) is 10.9 Å². The molecule has 136 valence electrons. The van der Waals surface area contributed by atoms with E-state index in [0.717, 1.165) is 11.9 Å². The minimum Gasteiger partial charge on any atom is -0.354 e. The third-order valence-corrected chi connectivity index (χ3v) is 6.81. The molecule has 0 aromatic heterocycles. The fourth-order valence-electron chi connectivity index (χ4n) is 5.24. The molecule has 3 aliphatic heterocycles. The van der Waals surface area contributed by atoms with Crippen LogP contribution < -0.4 is 10.6 Å². The molecule has 0 aromatic rings. The van der Waals surface area contributed by atoms with E-state index in [2.05, 4.69) is 15.5 Å². The second kappa shape index (κ2) is 8.07. The summed E-state index contributed by atoms with van der Waals surface area (Å²) in [5, 5.41) is 7.66. The van der Waals surface area contributed by atoms with Crippen molar-refractivity contribution < 1.29 is 0 Å². The molecule has 5 rings (SSSR count). The summed E-state index contributed by atoms with van der Waals surface area (Å²) >= 11 is 0. The normalized spacial score (nSPS) is 34.8. The van der Waals surface area contributed by atoms with E-state index in [1.165, 1.54) is 96.7 Å². The quantitative estimate of drug-likeness (QED) is 0.615. The number of guanidine groups is 1. The molecule has 2 N–H and O–H groups in total. The number of fused-ring (bicyclic) bond motifs is 3. The zero-order valence-corrected chi connectivity index (χ0v) is 15.3. The van der Waals surface area contributed by atoms with E-state index in [1.807, 2.05) is 0 Å². The molecule has 0 aromatic carbocycles. The Kier molecular flexibility index (Phi) is 5.61. The highest BCUT2D eigenvalue weighted by molar-refractivity contribution is 5.80. The average Bonchev–Trinajstić information content (AvgIpc) is 2.64. The topological polar surface area (TPSA) is 39.7 Å². The molecule has 5 fully saturated rings. The average molecular weight is 333 g/mol. The summed E-state index contributed by atoms with van der Waals surface area (Å²) in [6, 6.07) is 1.82. The summed E-state index contributed by atoms with van der Waals surface area (Å²) in [4.78, 5) is 7.88. The minimum atomic E-state index is 0.523. The monoisotopic (exact) mass is 332 g/mol. The van der Waals surface area contributed by atoms with Crippen LogP contribution in [0.3, 0.4) is 0 Å². The van der Waals surface area contributed by atoms with Gasteiger partial charge >= 0.3 is 0 Å². The maximum Gasteiger partial charge on any atom is 0.192 e. The molecule has 1 atom stereocenters. The second-order valence-corrected chi connectivity index (χ2v) is 8.64. The van der Waals surface area contributed by atoms with Gasteiger partial charge in [-0.1, -0.05) is 38.5 Å². The Bertz CT molecular complexity index is 393. The molecule has 4 heteroatoms. The Balaban J connectivity index is 1.42. The van der Waals surface area contributed by atoms with Gasteiger partial charge in [0, 0.05) is 18.6 Å². The zero-order chi connectivity index (χ0) is 16.2. The van der Waals surface area contributed by atoms with E-state index in [0.29, 0.717) is 18.1 Å². The number of hydrogen-bond donors (Lipinski definition) is 2. The number of rotatable bonds is 3. The number of nitrogens with zero attached hydrogens (tertiary/aromatic N) is 2. The van der Waals surface area contributed by atoms with Crippen molar-refractivity contribution in [1.29, 1.82) is 0 Å². The van der Waals surface area contributed by atoms with Gasteiger partial charge in [0.2, 0.25) is 0 Å².